The summed E-state index contributed by atoms with van der Waals surface area (Å²) in [5.41, 5.74) is 1.26. The zero-order chi connectivity index (χ0) is 10.1. The third-order valence-corrected chi connectivity index (χ3v) is 1.82. The fraction of sp³-hybridized carbons (Fsp3) is 0.143. The summed E-state index contributed by atoms with van der Waals surface area (Å²) in [4.78, 5) is 0. The lowest BCUT2D eigenvalue weighted by Gasteiger charge is -1.89. The SMILES string of the molecule is C/C=C/C=CC/C=C\c1ccccc1. The van der Waals surface area contributed by atoms with E-state index >= 15 is 0 Å². The van der Waals surface area contributed by atoms with Crippen molar-refractivity contribution in [2.24, 2.45) is 0 Å². The lowest BCUT2D eigenvalue weighted by Crippen LogP contribution is -1.67. The van der Waals surface area contributed by atoms with Crippen LogP contribution in [0.15, 0.2) is 60.7 Å². The third-order valence-electron chi connectivity index (χ3n) is 1.82. The van der Waals surface area contributed by atoms with Crippen molar-refractivity contribution in [3.8, 4) is 0 Å². The summed E-state index contributed by atoms with van der Waals surface area (Å²) in [6.07, 6.45) is 13.6. The molecule has 0 aliphatic carbocycles. The summed E-state index contributed by atoms with van der Waals surface area (Å²) in [5.74, 6) is 0. The molecule has 0 nitrogen and oxygen atoms in total. The number of benzene rings is 1. The van der Waals surface area contributed by atoms with Gasteiger partial charge >= 0.3 is 0 Å². The zero-order valence-electron chi connectivity index (χ0n) is 8.56. The van der Waals surface area contributed by atoms with E-state index in [1.807, 2.05) is 25.1 Å². The van der Waals surface area contributed by atoms with Gasteiger partial charge in [0, 0.05) is 0 Å². The first kappa shape index (κ1) is 10.5. The van der Waals surface area contributed by atoms with Gasteiger partial charge in [0.25, 0.3) is 0 Å². The normalized spacial score (nSPS) is 12.1. The van der Waals surface area contributed by atoms with E-state index in [2.05, 4.69) is 48.6 Å². The summed E-state index contributed by atoms with van der Waals surface area (Å²) >= 11 is 0. The van der Waals surface area contributed by atoms with Crippen LogP contribution in [0.25, 0.3) is 6.08 Å². The summed E-state index contributed by atoms with van der Waals surface area (Å²) in [6, 6.07) is 10.3. The van der Waals surface area contributed by atoms with Gasteiger partial charge in [0.2, 0.25) is 0 Å². The molecule has 72 valence electrons. The summed E-state index contributed by atoms with van der Waals surface area (Å²) in [7, 11) is 0. The molecule has 1 aromatic rings. The van der Waals surface area contributed by atoms with Gasteiger partial charge < -0.3 is 0 Å². The van der Waals surface area contributed by atoms with E-state index in [-0.39, 0.29) is 0 Å². The molecule has 0 aromatic heterocycles. The van der Waals surface area contributed by atoms with Crippen molar-refractivity contribution in [1.29, 1.82) is 0 Å². The predicted octanol–water partition coefficient (Wildman–Crippen LogP) is 4.22. The fourth-order valence-corrected chi connectivity index (χ4v) is 1.12. The molecule has 0 N–H and O–H groups in total. The molecule has 0 amide bonds. The maximum atomic E-state index is 2.16. The fourth-order valence-electron chi connectivity index (χ4n) is 1.12. The summed E-state index contributed by atoms with van der Waals surface area (Å²) in [6.45, 7) is 2.02. The van der Waals surface area contributed by atoms with Crippen molar-refractivity contribution >= 4 is 6.08 Å². The standard InChI is InChI=1S/C14H16/c1-2-3-4-5-6-8-11-14-12-9-7-10-13-14/h2-5,7-13H,6H2,1H3/b3-2+,5-4?,11-8-. The van der Waals surface area contributed by atoms with Gasteiger partial charge in [-0.3, -0.25) is 0 Å². The van der Waals surface area contributed by atoms with Gasteiger partial charge in [-0.25, -0.2) is 0 Å². The Balaban J connectivity index is 2.35. The van der Waals surface area contributed by atoms with Gasteiger partial charge in [-0.1, -0.05) is 66.8 Å². The molecule has 1 rings (SSSR count). The minimum absolute atomic E-state index is 0.985. The molecule has 0 aliphatic rings. The molecule has 0 heteroatoms. The predicted molar refractivity (Wildman–Crippen MR) is 64.0 cm³/mol. The Morgan fingerprint density at radius 1 is 1.00 bits per heavy atom. The van der Waals surface area contributed by atoms with Gasteiger partial charge in [0.1, 0.15) is 0 Å². The van der Waals surface area contributed by atoms with Crippen LogP contribution in [0, 0.1) is 0 Å². The van der Waals surface area contributed by atoms with E-state index in [0.29, 0.717) is 0 Å². The Kier molecular flexibility index (Phi) is 5.19. The molecule has 0 unspecified atom stereocenters. The van der Waals surface area contributed by atoms with E-state index in [4.69, 9.17) is 0 Å². The van der Waals surface area contributed by atoms with Crippen LogP contribution in [-0.2, 0) is 0 Å². The quantitative estimate of drug-likeness (QED) is 0.614. The molecule has 0 radical (unpaired) electrons. The first-order valence-corrected chi connectivity index (χ1v) is 4.93. The second kappa shape index (κ2) is 6.90. The monoisotopic (exact) mass is 184 g/mol. The smallest absolute Gasteiger partial charge is 0.0163 e. The summed E-state index contributed by atoms with van der Waals surface area (Å²) in [5, 5.41) is 0. The molecular weight excluding hydrogens is 168 g/mol. The van der Waals surface area contributed by atoms with Crippen molar-refractivity contribution in [2.75, 3.05) is 0 Å². The Morgan fingerprint density at radius 3 is 2.50 bits per heavy atom. The zero-order valence-corrected chi connectivity index (χ0v) is 8.56. The largest absolute Gasteiger partial charge is 0.0877 e. The Hall–Kier alpha value is -1.56. The second-order valence-corrected chi connectivity index (χ2v) is 3.00. The lowest BCUT2D eigenvalue weighted by molar-refractivity contribution is 1.41. The average Bonchev–Trinajstić information content (AvgIpc) is 2.25. The van der Waals surface area contributed by atoms with Crippen molar-refractivity contribution in [3.63, 3.8) is 0 Å². The van der Waals surface area contributed by atoms with Gasteiger partial charge in [0.05, 0.1) is 0 Å². The second-order valence-electron chi connectivity index (χ2n) is 3.00. The maximum Gasteiger partial charge on any atom is -0.0163 e. The molecule has 1 aromatic carbocycles. The van der Waals surface area contributed by atoms with Crippen LogP contribution in [0.5, 0.6) is 0 Å². The number of allylic oxidation sites excluding steroid dienone is 5. The molecule has 0 aliphatic heterocycles. The minimum Gasteiger partial charge on any atom is -0.0877 e. The molecule has 14 heavy (non-hydrogen) atoms. The molecule has 0 atom stereocenters. The Bertz CT molecular complexity index is 315. The lowest BCUT2D eigenvalue weighted by atomic mass is 10.2. The first-order chi connectivity index (χ1) is 6.93. The topological polar surface area (TPSA) is 0 Å². The average molecular weight is 184 g/mol. The summed E-state index contributed by atoms with van der Waals surface area (Å²) < 4.78 is 0. The van der Waals surface area contributed by atoms with Crippen LogP contribution in [0.3, 0.4) is 0 Å². The van der Waals surface area contributed by atoms with E-state index in [1.165, 1.54) is 5.56 Å². The highest BCUT2D eigenvalue weighted by molar-refractivity contribution is 5.48. The van der Waals surface area contributed by atoms with Gasteiger partial charge in [-0.15, -0.1) is 0 Å². The van der Waals surface area contributed by atoms with Gasteiger partial charge in [-0.2, -0.15) is 0 Å². The van der Waals surface area contributed by atoms with Crippen LogP contribution in [-0.4, -0.2) is 0 Å². The highest BCUT2D eigenvalue weighted by Crippen LogP contribution is 2.01. The molecular formula is C14H16. The Labute approximate surface area is 86.3 Å². The van der Waals surface area contributed by atoms with Crippen LogP contribution >= 0.6 is 0 Å². The van der Waals surface area contributed by atoms with Crippen molar-refractivity contribution < 1.29 is 0 Å². The Morgan fingerprint density at radius 2 is 1.79 bits per heavy atom. The van der Waals surface area contributed by atoms with Crippen LogP contribution in [0.1, 0.15) is 18.9 Å². The highest BCUT2D eigenvalue weighted by atomic mass is 13.9. The van der Waals surface area contributed by atoms with Crippen molar-refractivity contribution in [3.05, 3.63) is 66.3 Å². The van der Waals surface area contributed by atoms with Crippen LogP contribution < -0.4 is 0 Å². The van der Waals surface area contributed by atoms with Crippen molar-refractivity contribution in [1.82, 2.24) is 0 Å². The highest BCUT2D eigenvalue weighted by Gasteiger charge is 1.80. The van der Waals surface area contributed by atoms with E-state index in [9.17, 15) is 0 Å². The molecule has 0 saturated carbocycles. The molecule has 0 saturated heterocycles. The van der Waals surface area contributed by atoms with Crippen LogP contribution in [0.2, 0.25) is 0 Å². The van der Waals surface area contributed by atoms with Gasteiger partial charge in [0.15, 0.2) is 0 Å². The van der Waals surface area contributed by atoms with E-state index < -0.39 is 0 Å². The molecule has 0 heterocycles. The van der Waals surface area contributed by atoms with Crippen molar-refractivity contribution in [2.45, 2.75) is 13.3 Å². The van der Waals surface area contributed by atoms with Crippen LogP contribution in [0.4, 0.5) is 0 Å². The number of hydrogen-bond donors (Lipinski definition) is 0. The minimum atomic E-state index is 0.985. The molecule has 0 spiro atoms. The first-order valence-electron chi connectivity index (χ1n) is 4.93. The third kappa shape index (κ3) is 4.46. The van der Waals surface area contributed by atoms with Gasteiger partial charge in [-0.05, 0) is 18.9 Å². The number of rotatable bonds is 4. The van der Waals surface area contributed by atoms with E-state index in [1.54, 1.807) is 0 Å². The maximum absolute atomic E-state index is 2.16. The van der Waals surface area contributed by atoms with E-state index in [0.717, 1.165) is 6.42 Å². The molecule has 0 fully saturated rings. The number of hydrogen-bond acceptors (Lipinski definition) is 0. The molecule has 0 bridgehead atoms.